The maximum absolute atomic E-state index is 14.0. The second-order valence-electron chi connectivity index (χ2n) is 13.1. The highest BCUT2D eigenvalue weighted by Gasteiger charge is 2.70. The highest BCUT2D eigenvalue weighted by molar-refractivity contribution is 5.97. The minimum atomic E-state index is -0.487. The fraction of sp³-hybridized carbons (Fsp3) is 0.862. The molecule has 188 valence electrons. The molecular weight excluding hydrogens is 428 g/mol. The van der Waals surface area contributed by atoms with Gasteiger partial charge >= 0.3 is 5.97 Å². The minimum Gasteiger partial charge on any atom is -0.463 e. The van der Waals surface area contributed by atoms with Gasteiger partial charge in [0.1, 0.15) is 6.10 Å². The van der Waals surface area contributed by atoms with Crippen molar-refractivity contribution in [1.82, 2.24) is 0 Å². The van der Waals surface area contributed by atoms with Gasteiger partial charge in [0, 0.05) is 30.6 Å². The van der Waals surface area contributed by atoms with Gasteiger partial charge in [0.25, 0.3) is 0 Å². The van der Waals surface area contributed by atoms with Gasteiger partial charge in [-0.05, 0) is 80.1 Å². The quantitative estimate of drug-likeness (QED) is 0.476. The molecule has 0 bridgehead atoms. The molecule has 0 radical (unpaired) electrons. The van der Waals surface area contributed by atoms with Gasteiger partial charge in [-0.1, -0.05) is 33.3 Å². The summed E-state index contributed by atoms with van der Waals surface area (Å²) in [5.74, 6) is 2.05. The number of esters is 1. The summed E-state index contributed by atoms with van der Waals surface area (Å²) in [6.45, 7) is 11.5. The van der Waals surface area contributed by atoms with Gasteiger partial charge in [0.05, 0.1) is 12.7 Å². The molecule has 6 rings (SSSR count). The average molecular weight is 471 g/mol. The van der Waals surface area contributed by atoms with E-state index >= 15 is 0 Å². The van der Waals surface area contributed by atoms with Gasteiger partial charge in [-0.25, -0.2) is 0 Å². The third-order valence-corrected chi connectivity index (χ3v) is 11.5. The number of hydrogen-bond donors (Lipinski definition) is 0. The van der Waals surface area contributed by atoms with E-state index in [1.165, 1.54) is 12.5 Å². The summed E-state index contributed by atoms with van der Waals surface area (Å²) < 4.78 is 18.8. The topological polar surface area (TPSA) is 61.8 Å². The van der Waals surface area contributed by atoms with Crippen molar-refractivity contribution in [1.29, 1.82) is 0 Å². The Morgan fingerprint density at radius 2 is 1.88 bits per heavy atom. The van der Waals surface area contributed by atoms with Gasteiger partial charge < -0.3 is 14.2 Å². The molecule has 0 aromatic rings. The second-order valence-corrected chi connectivity index (χ2v) is 13.1. The first-order valence-corrected chi connectivity index (χ1v) is 13.8. The minimum absolute atomic E-state index is 0.0340. The number of ketones is 1. The summed E-state index contributed by atoms with van der Waals surface area (Å²) in [7, 11) is 0. The Labute approximate surface area is 204 Å². The Morgan fingerprint density at radius 3 is 2.59 bits per heavy atom. The highest BCUT2D eigenvalue weighted by Crippen LogP contribution is 2.69. The molecule has 11 atom stereocenters. The average Bonchev–Trinajstić information content (AvgIpc) is 3.23. The standard InChI is InChI=1S/C29H42O5/c1-16-8-11-29(32-15-16)17(2)26-24(34-29)13-23-21-7-6-19-12-20(33-18(3)30)9-10-27(19,4)22(21)14-25(31)28(23,26)5/h14,16-17,19-21,23-24,26H,6-13,15H2,1-5H3. The zero-order chi connectivity index (χ0) is 24.0. The number of rotatable bonds is 1. The molecule has 5 fully saturated rings. The van der Waals surface area contributed by atoms with E-state index in [4.69, 9.17) is 14.2 Å². The van der Waals surface area contributed by atoms with Crippen molar-refractivity contribution in [2.75, 3.05) is 6.61 Å². The van der Waals surface area contributed by atoms with Crippen LogP contribution in [0.15, 0.2) is 11.6 Å². The first-order chi connectivity index (χ1) is 16.1. The molecule has 2 saturated heterocycles. The molecule has 11 unspecified atom stereocenters. The Bertz CT molecular complexity index is 915. The molecule has 0 aromatic carbocycles. The van der Waals surface area contributed by atoms with Crippen molar-refractivity contribution in [3.63, 3.8) is 0 Å². The van der Waals surface area contributed by atoms with E-state index in [1.807, 2.05) is 0 Å². The molecule has 0 amide bonds. The lowest BCUT2D eigenvalue weighted by molar-refractivity contribution is -0.271. The number of fused-ring (bicyclic) bond motifs is 7. The molecule has 2 aliphatic heterocycles. The predicted molar refractivity (Wildman–Crippen MR) is 128 cm³/mol. The molecule has 4 aliphatic carbocycles. The highest BCUT2D eigenvalue weighted by atomic mass is 16.7. The maximum Gasteiger partial charge on any atom is 0.302 e. The number of allylic oxidation sites excluding steroid dienone is 2. The normalized spacial score (nSPS) is 54.0. The summed E-state index contributed by atoms with van der Waals surface area (Å²) in [6, 6.07) is 0. The molecule has 2 heterocycles. The van der Waals surface area contributed by atoms with Crippen molar-refractivity contribution in [2.24, 2.45) is 46.3 Å². The molecule has 0 aromatic heterocycles. The zero-order valence-electron chi connectivity index (χ0n) is 21.6. The molecule has 34 heavy (non-hydrogen) atoms. The van der Waals surface area contributed by atoms with Gasteiger partial charge in [-0.2, -0.15) is 0 Å². The van der Waals surface area contributed by atoms with Crippen LogP contribution in [-0.2, 0) is 23.8 Å². The Balaban J connectivity index is 1.29. The van der Waals surface area contributed by atoms with Gasteiger partial charge in [0.2, 0.25) is 0 Å². The molecular formula is C29H42O5. The summed E-state index contributed by atoms with van der Waals surface area (Å²) in [6.07, 6.45) is 10.4. The largest absolute Gasteiger partial charge is 0.463 e. The van der Waals surface area contributed by atoms with Crippen LogP contribution in [0.2, 0.25) is 0 Å². The van der Waals surface area contributed by atoms with E-state index in [-0.39, 0.29) is 40.8 Å². The van der Waals surface area contributed by atoms with E-state index in [0.29, 0.717) is 29.5 Å². The summed E-state index contributed by atoms with van der Waals surface area (Å²) in [5.41, 5.74) is 1.10. The summed E-state index contributed by atoms with van der Waals surface area (Å²) in [4.78, 5) is 25.6. The van der Waals surface area contributed by atoms with Gasteiger partial charge in [-0.15, -0.1) is 0 Å². The molecule has 5 heteroatoms. The number of carbonyl (C=O) groups excluding carboxylic acids is 2. The molecule has 3 saturated carbocycles. The summed E-state index contributed by atoms with van der Waals surface area (Å²) in [5, 5.41) is 0. The van der Waals surface area contributed by atoms with Crippen LogP contribution in [0.5, 0.6) is 0 Å². The van der Waals surface area contributed by atoms with Gasteiger partial charge in [0.15, 0.2) is 11.6 Å². The number of hydrogen-bond acceptors (Lipinski definition) is 5. The zero-order valence-corrected chi connectivity index (χ0v) is 21.6. The van der Waals surface area contributed by atoms with Gasteiger partial charge in [-0.3, -0.25) is 9.59 Å². The first kappa shape index (κ1) is 23.2. The van der Waals surface area contributed by atoms with Crippen LogP contribution in [0.25, 0.3) is 0 Å². The molecule has 6 aliphatic rings. The third kappa shape index (κ3) is 3.04. The van der Waals surface area contributed by atoms with Crippen molar-refractivity contribution >= 4 is 11.8 Å². The Kier molecular flexibility index (Phi) is 5.22. The van der Waals surface area contributed by atoms with Crippen LogP contribution in [0, 0.1) is 46.3 Å². The predicted octanol–water partition coefficient (Wildman–Crippen LogP) is 5.46. The lowest BCUT2D eigenvalue weighted by Gasteiger charge is -2.56. The number of carbonyl (C=O) groups is 2. The van der Waals surface area contributed by atoms with Crippen LogP contribution in [0.1, 0.15) is 86.0 Å². The van der Waals surface area contributed by atoms with E-state index in [2.05, 4.69) is 33.8 Å². The maximum atomic E-state index is 14.0. The van der Waals surface area contributed by atoms with Crippen LogP contribution in [0.3, 0.4) is 0 Å². The van der Waals surface area contributed by atoms with Crippen molar-refractivity contribution < 1.29 is 23.8 Å². The van der Waals surface area contributed by atoms with Crippen LogP contribution < -0.4 is 0 Å². The van der Waals surface area contributed by atoms with Crippen molar-refractivity contribution in [3.8, 4) is 0 Å². The SMILES string of the molecule is CC(=O)OC1CCC2(C)C3=CC(=O)C4(C)C(CC5OC6(CCC(C)CO6)C(C)C54)C3CCC2C1. The third-order valence-electron chi connectivity index (χ3n) is 11.5. The molecule has 0 N–H and O–H groups in total. The van der Waals surface area contributed by atoms with E-state index in [1.54, 1.807) is 0 Å². The van der Waals surface area contributed by atoms with Crippen LogP contribution in [0.4, 0.5) is 0 Å². The van der Waals surface area contributed by atoms with E-state index in [0.717, 1.165) is 58.0 Å². The smallest absolute Gasteiger partial charge is 0.302 e. The molecule has 1 spiro atoms. The fourth-order valence-electron chi connectivity index (χ4n) is 9.61. The van der Waals surface area contributed by atoms with Crippen molar-refractivity contribution in [3.05, 3.63) is 11.6 Å². The Hall–Kier alpha value is -1.20. The molecule has 5 nitrogen and oxygen atoms in total. The van der Waals surface area contributed by atoms with Crippen LogP contribution in [-0.4, -0.2) is 36.4 Å². The first-order valence-electron chi connectivity index (χ1n) is 13.8. The lowest BCUT2D eigenvalue weighted by atomic mass is 9.48. The van der Waals surface area contributed by atoms with E-state index < -0.39 is 5.79 Å². The Morgan fingerprint density at radius 1 is 1.09 bits per heavy atom. The van der Waals surface area contributed by atoms with E-state index in [9.17, 15) is 9.59 Å². The monoisotopic (exact) mass is 470 g/mol. The fourth-order valence-corrected chi connectivity index (χ4v) is 9.61. The number of ether oxygens (including phenoxy) is 3. The van der Waals surface area contributed by atoms with Crippen molar-refractivity contribution in [2.45, 2.75) is 104 Å². The lowest BCUT2D eigenvalue weighted by Crippen LogP contribution is -2.53. The van der Waals surface area contributed by atoms with Crippen LogP contribution >= 0.6 is 0 Å². The summed E-state index contributed by atoms with van der Waals surface area (Å²) >= 11 is 0. The second kappa shape index (κ2) is 7.65.